The van der Waals surface area contributed by atoms with Gasteiger partial charge in [-0.15, -0.1) is 0 Å². The summed E-state index contributed by atoms with van der Waals surface area (Å²) in [5.41, 5.74) is -0.975. The van der Waals surface area contributed by atoms with Crippen molar-refractivity contribution < 1.29 is 34.0 Å². The molecule has 1 aromatic rings. The molecule has 0 amide bonds. The molecule has 1 unspecified atom stereocenters. The van der Waals surface area contributed by atoms with Crippen molar-refractivity contribution in [2.75, 3.05) is 6.79 Å². The molecule has 9 heteroatoms. The number of ketones is 1. The van der Waals surface area contributed by atoms with Gasteiger partial charge in [0, 0.05) is 11.5 Å². The highest BCUT2D eigenvalue weighted by molar-refractivity contribution is 6.42. The van der Waals surface area contributed by atoms with E-state index in [1.54, 1.807) is 0 Å². The third kappa shape index (κ3) is 2.83. The standard InChI is InChI=1S/C17H16Cl2O7/c18-9-2-1-7(3-10(9)19)12(20)8-4-17(8,16(22)23)5-11-13(21)14-15(26-11)25-6-24-14/h1-3,8,11,13-15,21H,4-6H2,(H,22,23)/t8-,11-,13+,14-,15?,17+/m1/s1. The molecule has 140 valence electrons. The molecule has 3 fully saturated rings. The van der Waals surface area contributed by atoms with E-state index in [1.165, 1.54) is 18.2 Å². The summed E-state index contributed by atoms with van der Waals surface area (Å²) < 4.78 is 16.0. The van der Waals surface area contributed by atoms with Crippen LogP contribution in [0.4, 0.5) is 0 Å². The third-order valence-electron chi connectivity index (χ3n) is 5.37. The topological polar surface area (TPSA) is 102 Å². The highest BCUT2D eigenvalue weighted by Crippen LogP contribution is 2.58. The number of aliphatic hydroxyl groups excluding tert-OH is 1. The van der Waals surface area contributed by atoms with Crippen LogP contribution in [0, 0.1) is 11.3 Å². The van der Waals surface area contributed by atoms with Gasteiger partial charge in [-0.3, -0.25) is 9.59 Å². The number of aliphatic hydroxyl groups is 1. The molecule has 1 aliphatic carbocycles. The molecule has 1 saturated carbocycles. The van der Waals surface area contributed by atoms with Crippen molar-refractivity contribution in [2.24, 2.45) is 11.3 Å². The zero-order valence-corrected chi connectivity index (χ0v) is 14.9. The van der Waals surface area contributed by atoms with E-state index >= 15 is 0 Å². The predicted octanol–water partition coefficient (Wildman–Crippen LogP) is 2.12. The Labute approximate surface area is 158 Å². The van der Waals surface area contributed by atoms with E-state index in [0.717, 1.165) is 0 Å². The second-order valence-corrected chi connectivity index (χ2v) is 7.68. The Bertz CT molecular complexity index is 769. The van der Waals surface area contributed by atoms with Crippen LogP contribution in [0.1, 0.15) is 23.2 Å². The SMILES string of the molecule is O=C(c1ccc(Cl)c(Cl)c1)[C@H]1C[C@@]1(C[C@H]1OC2OCO[C@@H]2[C@H]1O)C(=O)O. The van der Waals surface area contributed by atoms with Crippen molar-refractivity contribution in [1.82, 2.24) is 0 Å². The summed E-state index contributed by atoms with van der Waals surface area (Å²) in [4.78, 5) is 24.6. The van der Waals surface area contributed by atoms with Gasteiger partial charge in [-0.2, -0.15) is 0 Å². The van der Waals surface area contributed by atoms with Crippen molar-refractivity contribution in [3.05, 3.63) is 33.8 Å². The number of hydrogen-bond acceptors (Lipinski definition) is 6. The lowest BCUT2D eigenvalue weighted by Gasteiger charge is -2.21. The smallest absolute Gasteiger partial charge is 0.310 e. The zero-order valence-electron chi connectivity index (χ0n) is 13.4. The van der Waals surface area contributed by atoms with Crippen molar-refractivity contribution in [3.8, 4) is 0 Å². The van der Waals surface area contributed by atoms with Gasteiger partial charge >= 0.3 is 5.97 Å². The van der Waals surface area contributed by atoms with Crippen LogP contribution in [0.5, 0.6) is 0 Å². The minimum atomic E-state index is -1.28. The molecule has 0 radical (unpaired) electrons. The summed E-state index contributed by atoms with van der Waals surface area (Å²) in [5.74, 6) is -2.12. The van der Waals surface area contributed by atoms with Crippen LogP contribution < -0.4 is 0 Å². The fourth-order valence-corrected chi connectivity index (χ4v) is 4.07. The summed E-state index contributed by atoms with van der Waals surface area (Å²) in [5, 5.41) is 20.6. The van der Waals surface area contributed by atoms with Gasteiger partial charge in [0.05, 0.1) is 21.6 Å². The van der Waals surface area contributed by atoms with Crippen molar-refractivity contribution in [1.29, 1.82) is 0 Å². The van der Waals surface area contributed by atoms with E-state index in [1.807, 2.05) is 0 Å². The Morgan fingerprint density at radius 3 is 2.65 bits per heavy atom. The van der Waals surface area contributed by atoms with Gasteiger partial charge in [-0.1, -0.05) is 23.2 Å². The van der Waals surface area contributed by atoms with Crippen LogP contribution in [0.3, 0.4) is 0 Å². The molecule has 2 saturated heterocycles. The normalized spacial score (nSPS) is 38.2. The Balaban J connectivity index is 1.51. The van der Waals surface area contributed by atoms with Crippen LogP contribution in [0.25, 0.3) is 0 Å². The van der Waals surface area contributed by atoms with Crippen LogP contribution in [0.15, 0.2) is 18.2 Å². The minimum Gasteiger partial charge on any atom is -0.481 e. The van der Waals surface area contributed by atoms with Crippen LogP contribution in [-0.4, -0.2) is 53.4 Å². The number of ether oxygens (including phenoxy) is 3. The number of carbonyl (C=O) groups excluding carboxylic acids is 1. The predicted molar refractivity (Wildman–Crippen MR) is 89.1 cm³/mol. The third-order valence-corrected chi connectivity index (χ3v) is 6.11. The summed E-state index contributed by atoms with van der Waals surface area (Å²) in [7, 11) is 0. The first-order valence-electron chi connectivity index (χ1n) is 8.13. The van der Waals surface area contributed by atoms with Crippen molar-refractivity contribution in [3.63, 3.8) is 0 Å². The molecule has 4 rings (SSSR count). The number of carboxylic acid groups (broad SMARTS) is 1. The highest BCUT2D eigenvalue weighted by Gasteiger charge is 2.66. The van der Waals surface area contributed by atoms with Crippen LogP contribution in [0.2, 0.25) is 10.0 Å². The Morgan fingerprint density at radius 1 is 1.23 bits per heavy atom. The van der Waals surface area contributed by atoms with E-state index in [2.05, 4.69) is 0 Å². The first-order chi connectivity index (χ1) is 12.3. The maximum absolute atomic E-state index is 12.7. The number of carboxylic acids is 1. The van der Waals surface area contributed by atoms with Gasteiger partial charge in [0.25, 0.3) is 0 Å². The molecule has 1 aromatic carbocycles. The average molecular weight is 403 g/mol. The minimum absolute atomic E-state index is 0.000941. The molecule has 2 N–H and O–H groups in total. The number of fused-ring (bicyclic) bond motifs is 1. The van der Waals surface area contributed by atoms with Crippen molar-refractivity contribution in [2.45, 2.75) is 37.4 Å². The lowest BCUT2D eigenvalue weighted by molar-refractivity contribution is -0.152. The number of rotatable bonds is 5. The van der Waals surface area contributed by atoms with Gasteiger partial charge in [-0.25, -0.2) is 0 Å². The quantitative estimate of drug-likeness (QED) is 0.726. The zero-order chi connectivity index (χ0) is 18.6. The molecule has 0 spiro atoms. The van der Waals surface area contributed by atoms with E-state index in [0.29, 0.717) is 10.6 Å². The lowest BCUT2D eigenvalue weighted by atomic mass is 9.90. The largest absolute Gasteiger partial charge is 0.481 e. The second-order valence-electron chi connectivity index (χ2n) is 6.86. The molecule has 2 aliphatic heterocycles. The Hall–Kier alpha value is -1.22. The van der Waals surface area contributed by atoms with Gasteiger partial charge in [0.2, 0.25) is 0 Å². The number of halogens is 2. The molecular formula is C17H16Cl2O7. The molecule has 0 aromatic heterocycles. The molecule has 3 aliphatic rings. The number of hydrogen-bond donors (Lipinski definition) is 2. The average Bonchev–Trinajstić information content (AvgIpc) is 3.02. The number of benzene rings is 1. The fourth-order valence-electron chi connectivity index (χ4n) is 3.78. The van der Waals surface area contributed by atoms with E-state index in [9.17, 15) is 19.8 Å². The van der Waals surface area contributed by atoms with Crippen molar-refractivity contribution >= 4 is 35.0 Å². The van der Waals surface area contributed by atoms with Gasteiger partial charge in [0.1, 0.15) is 12.2 Å². The molecule has 2 heterocycles. The maximum atomic E-state index is 12.7. The van der Waals surface area contributed by atoms with Gasteiger partial charge in [-0.05, 0) is 31.0 Å². The monoisotopic (exact) mass is 402 g/mol. The lowest BCUT2D eigenvalue weighted by Crippen LogP contribution is -2.35. The number of aliphatic carboxylic acids is 1. The molecule has 0 bridgehead atoms. The fraction of sp³-hybridized carbons (Fsp3) is 0.529. The first kappa shape index (κ1) is 18.2. The molecule has 6 atom stereocenters. The van der Waals surface area contributed by atoms with E-state index in [-0.39, 0.29) is 30.4 Å². The maximum Gasteiger partial charge on any atom is 0.310 e. The Morgan fingerprint density at radius 2 is 2.00 bits per heavy atom. The van der Waals surface area contributed by atoms with E-state index < -0.39 is 41.9 Å². The summed E-state index contributed by atoms with van der Waals surface area (Å²) in [6.07, 6.45) is -2.93. The molecule has 7 nitrogen and oxygen atoms in total. The van der Waals surface area contributed by atoms with Crippen LogP contribution >= 0.6 is 23.2 Å². The van der Waals surface area contributed by atoms with E-state index in [4.69, 9.17) is 37.4 Å². The first-order valence-corrected chi connectivity index (χ1v) is 8.88. The number of Topliss-reactive ketones (excluding diaryl/α,β-unsaturated/α-hetero) is 1. The van der Waals surface area contributed by atoms with Gasteiger partial charge in [0.15, 0.2) is 18.9 Å². The second kappa shape index (κ2) is 6.44. The Kier molecular flexibility index (Phi) is 4.50. The summed E-state index contributed by atoms with van der Waals surface area (Å²) in [6.45, 7) is 0.0294. The molecular weight excluding hydrogens is 387 g/mol. The summed E-state index contributed by atoms with van der Waals surface area (Å²) in [6, 6.07) is 4.46. The highest BCUT2D eigenvalue weighted by atomic mass is 35.5. The number of carbonyl (C=O) groups is 2. The molecule has 26 heavy (non-hydrogen) atoms. The van der Waals surface area contributed by atoms with Crippen LogP contribution in [-0.2, 0) is 19.0 Å². The van der Waals surface area contributed by atoms with Gasteiger partial charge < -0.3 is 24.4 Å². The summed E-state index contributed by atoms with van der Waals surface area (Å²) >= 11 is 11.8.